The van der Waals surface area contributed by atoms with Crippen molar-refractivity contribution in [1.29, 1.82) is 0 Å². The molecular formula is C10H17N2O15P3. The summed E-state index contributed by atoms with van der Waals surface area (Å²) in [5.41, 5.74) is -1.57. The highest BCUT2D eigenvalue weighted by Crippen LogP contribution is 2.66. The van der Waals surface area contributed by atoms with Crippen LogP contribution >= 0.6 is 23.5 Å². The van der Waals surface area contributed by atoms with E-state index in [2.05, 4.69) is 13.1 Å². The Balaban J connectivity index is 2.09. The molecule has 17 nitrogen and oxygen atoms in total. The first-order chi connectivity index (χ1) is 13.5. The number of rotatable bonds is 8. The Kier molecular flexibility index (Phi) is 7.44. The third-order valence-corrected chi connectivity index (χ3v) is 7.45. The van der Waals surface area contributed by atoms with Gasteiger partial charge in [-0.2, -0.15) is 8.62 Å². The number of phosphoric acid groups is 3. The monoisotopic (exact) mass is 498 g/mol. The van der Waals surface area contributed by atoms with Crippen LogP contribution in [0.3, 0.4) is 0 Å². The summed E-state index contributed by atoms with van der Waals surface area (Å²) in [6, 6.07) is 0.975. The molecule has 0 amide bonds. The van der Waals surface area contributed by atoms with Crippen LogP contribution in [0.4, 0.5) is 0 Å². The largest absolute Gasteiger partial charge is 0.490 e. The van der Waals surface area contributed by atoms with Gasteiger partial charge in [0.25, 0.3) is 5.56 Å². The zero-order chi connectivity index (χ0) is 23.1. The van der Waals surface area contributed by atoms with Crippen molar-refractivity contribution in [2.45, 2.75) is 24.5 Å². The summed E-state index contributed by atoms with van der Waals surface area (Å²) in [5.74, 6) is 0. The molecule has 0 aliphatic carbocycles. The second-order valence-electron chi connectivity index (χ2n) is 5.84. The molecule has 0 aromatic carbocycles. The van der Waals surface area contributed by atoms with Crippen LogP contribution in [-0.4, -0.2) is 63.8 Å². The zero-order valence-corrected chi connectivity index (χ0v) is 17.4. The highest BCUT2D eigenvalue weighted by molar-refractivity contribution is 7.66. The van der Waals surface area contributed by atoms with E-state index in [0.29, 0.717) is 4.57 Å². The Bertz CT molecular complexity index is 1040. The maximum Gasteiger partial charge on any atom is 0.490 e. The number of ether oxygens (including phenoxy) is 1. The van der Waals surface area contributed by atoms with Gasteiger partial charge in [0.1, 0.15) is 18.3 Å². The van der Waals surface area contributed by atoms with Crippen LogP contribution in [0.5, 0.6) is 0 Å². The molecule has 0 radical (unpaired) electrons. The van der Waals surface area contributed by atoms with Crippen LogP contribution in [0, 0.1) is 0 Å². The third kappa shape index (κ3) is 6.24. The predicted octanol–water partition coefficient (Wildman–Crippen LogP) is -2.49. The van der Waals surface area contributed by atoms with E-state index >= 15 is 0 Å². The highest BCUT2D eigenvalue weighted by atomic mass is 31.3. The van der Waals surface area contributed by atoms with Crippen molar-refractivity contribution in [3.8, 4) is 0 Å². The topological polar surface area (TPSA) is 254 Å². The zero-order valence-electron chi connectivity index (χ0n) is 14.8. The molecule has 0 spiro atoms. The molecule has 1 aromatic heterocycles. The number of aromatic nitrogens is 2. The number of aliphatic hydroxyl groups excluding tert-OH is 2. The van der Waals surface area contributed by atoms with Crippen LogP contribution in [0.1, 0.15) is 6.23 Å². The number of phosphoric ester groups is 1. The Hall–Kier alpha value is -1.03. The molecule has 1 aromatic rings. The normalized spacial score (nSPS) is 28.8. The Morgan fingerprint density at radius 1 is 1.03 bits per heavy atom. The van der Waals surface area contributed by atoms with Crippen LogP contribution in [-0.2, 0) is 38.6 Å². The number of aliphatic hydroxyl groups is 2. The second-order valence-corrected chi connectivity index (χ2v) is 10.3. The van der Waals surface area contributed by atoms with Gasteiger partial charge in [-0.25, -0.2) is 18.5 Å². The molecule has 6 atom stereocenters. The average Bonchev–Trinajstić information content (AvgIpc) is 2.83. The molecule has 2 heterocycles. The van der Waals surface area contributed by atoms with Crippen LogP contribution in [0.25, 0.3) is 0 Å². The fourth-order valence-corrected chi connectivity index (χ4v) is 5.38. The van der Waals surface area contributed by atoms with E-state index in [1.165, 1.54) is 0 Å². The summed E-state index contributed by atoms with van der Waals surface area (Å²) in [6.45, 7) is -1.04. The Morgan fingerprint density at radius 3 is 2.20 bits per heavy atom. The van der Waals surface area contributed by atoms with Gasteiger partial charge in [0.15, 0.2) is 6.23 Å². The minimum Gasteiger partial charge on any atom is -0.387 e. The Morgan fingerprint density at radius 2 is 1.63 bits per heavy atom. The van der Waals surface area contributed by atoms with Crippen molar-refractivity contribution < 1.29 is 61.4 Å². The molecular weight excluding hydrogens is 481 g/mol. The summed E-state index contributed by atoms with van der Waals surface area (Å²) in [4.78, 5) is 58.9. The molecule has 2 rings (SSSR count). The van der Waals surface area contributed by atoms with Gasteiger partial charge in [-0.1, -0.05) is 0 Å². The predicted molar refractivity (Wildman–Crippen MR) is 91.7 cm³/mol. The third-order valence-electron chi connectivity index (χ3n) is 3.65. The number of hydrogen-bond acceptors (Lipinski definition) is 11. The van der Waals surface area contributed by atoms with Crippen LogP contribution in [0.15, 0.2) is 21.9 Å². The fourth-order valence-electron chi connectivity index (χ4n) is 2.35. The molecule has 0 saturated carbocycles. The molecule has 4 unspecified atom stereocenters. The first-order valence-corrected chi connectivity index (χ1v) is 12.1. The molecule has 20 heteroatoms. The summed E-state index contributed by atoms with van der Waals surface area (Å²) in [5, 5.41) is 20.1. The molecule has 1 saturated heterocycles. The first kappa shape index (κ1) is 25.2. The lowest BCUT2D eigenvalue weighted by atomic mass is 10.1. The average molecular weight is 498 g/mol. The second kappa shape index (κ2) is 8.84. The van der Waals surface area contributed by atoms with Gasteiger partial charge in [0, 0.05) is 19.3 Å². The van der Waals surface area contributed by atoms with Gasteiger partial charge in [0.05, 0.1) is 6.61 Å². The Labute approximate surface area is 166 Å². The summed E-state index contributed by atoms with van der Waals surface area (Å²) >= 11 is 0. The van der Waals surface area contributed by atoms with E-state index in [-0.39, 0.29) is 0 Å². The SMILES string of the molecule is Cn1c(=O)ccn([C@@H]2O[C@H](COP(=O)(O)OP(=O)(O)OP(=O)(O)O)C(O)C2O)c1=O. The van der Waals surface area contributed by atoms with Crippen molar-refractivity contribution in [3.05, 3.63) is 33.1 Å². The van der Waals surface area contributed by atoms with Gasteiger partial charge in [-0.15, -0.1) is 0 Å². The van der Waals surface area contributed by atoms with Gasteiger partial charge >= 0.3 is 29.2 Å². The molecule has 30 heavy (non-hydrogen) atoms. The molecule has 0 bridgehead atoms. The van der Waals surface area contributed by atoms with E-state index in [1.807, 2.05) is 0 Å². The van der Waals surface area contributed by atoms with E-state index in [9.17, 15) is 38.4 Å². The van der Waals surface area contributed by atoms with Crippen molar-refractivity contribution in [2.24, 2.45) is 7.05 Å². The van der Waals surface area contributed by atoms with E-state index in [4.69, 9.17) is 19.4 Å². The first-order valence-electron chi connectivity index (χ1n) is 7.61. The van der Waals surface area contributed by atoms with Crippen molar-refractivity contribution in [2.75, 3.05) is 6.61 Å². The number of hydrogen-bond donors (Lipinski definition) is 6. The van der Waals surface area contributed by atoms with Crippen molar-refractivity contribution in [3.63, 3.8) is 0 Å². The van der Waals surface area contributed by atoms with Gasteiger partial charge < -0.3 is 34.5 Å². The maximum atomic E-state index is 12.1. The lowest BCUT2D eigenvalue weighted by Gasteiger charge is -2.19. The number of nitrogens with zero attached hydrogens (tertiary/aromatic N) is 2. The van der Waals surface area contributed by atoms with E-state index in [0.717, 1.165) is 23.9 Å². The summed E-state index contributed by atoms with van der Waals surface area (Å²) in [7, 11) is -15.6. The lowest BCUT2D eigenvalue weighted by molar-refractivity contribution is -0.0547. The molecule has 1 aliphatic heterocycles. The molecule has 6 N–H and O–H groups in total. The minimum atomic E-state index is -5.73. The quantitative estimate of drug-likeness (QED) is 0.203. The lowest BCUT2D eigenvalue weighted by Crippen LogP contribution is -2.41. The molecule has 172 valence electrons. The van der Waals surface area contributed by atoms with Crippen LogP contribution in [0.2, 0.25) is 0 Å². The van der Waals surface area contributed by atoms with E-state index in [1.54, 1.807) is 0 Å². The van der Waals surface area contributed by atoms with Gasteiger partial charge in [0.2, 0.25) is 0 Å². The van der Waals surface area contributed by atoms with Crippen molar-refractivity contribution >= 4 is 23.5 Å². The van der Waals surface area contributed by atoms with Gasteiger partial charge in [-0.3, -0.25) is 18.5 Å². The minimum absolute atomic E-state index is 0.659. The molecule has 1 fully saturated rings. The summed E-state index contributed by atoms with van der Waals surface area (Å²) in [6.07, 6.45) is -5.66. The fraction of sp³-hybridized carbons (Fsp3) is 0.600. The van der Waals surface area contributed by atoms with Crippen molar-refractivity contribution in [1.82, 2.24) is 9.13 Å². The standard InChI is InChI=1S/C10H17N2O15P3/c1-11-6(13)2-3-12(10(11)16)9-8(15)7(14)5(25-9)4-24-29(20,21)27-30(22,23)26-28(17,18)19/h2-3,5,7-9,14-15H,4H2,1H3,(H,20,21)(H,22,23)(H2,17,18,19)/t5-,7?,8?,9-/m1/s1. The highest BCUT2D eigenvalue weighted by Gasteiger charge is 2.46. The van der Waals surface area contributed by atoms with E-state index < -0.39 is 65.9 Å². The smallest absolute Gasteiger partial charge is 0.387 e. The molecule has 1 aliphatic rings. The van der Waals surface area contributed by atoms with Crippen LogP contribution < -0.4 is 11.2 Å². The maximum absolute atomic E-state index is 12.1. The summed E-state index contributed by atoms with van der Waals surface area (Å²) < 4.78 is 51.5. The van der Waals surface area contributed by atoms with Gasteiger partial charge in [-0.05, 0) is 0 Å².